The first-order valence-corrected chi connectivity index (χ1v) is 9.11. The molecule has 0 unspecified atom stereocenters. The second-order valence-corrected chi connectivity index (χ2v) is 6.72. The minimum absolute atomic E-state index is 0.150. The van der Waals surface area contributed by atoms with Crippen molar-refractivity contribution in [3.8, 4) is 11.4 Å². The Bertz CT molecular complexity index is 1510. The van der Waals surface area contributed by atoms with E-state index in [1.165, 1.54) is 4.40 Å². The van der Waals surface area contributed by atoms with E-state index >= 15 is 0 Å². The highest BCUT2D eigenvalue weighted by atomic mass is 16.1. The van der Waals surface area contributed by atoms with Gasteiger partial charge in [-0.25, -0.2) is 9.97 Å². The van der Waals surface area contributed by atoms with Gasteiger partial charge in [0.15, 0.2) is 0 Å². The van der Waals surface area contributed by atoms with E-state index in [9.17, 15) is 4.79 Å². The van der Waals surface area contributed by atoms with E-state index in [2.05, 4.69) is 4.98 Å². The van der Waals surface area contributed by atoms with E-state index in [0.717, 1.165) is 11.0 Å². The van der Waals surface area contributed by atoms with Gasteiger partial charge in [-0.3, -0.25) is 14.6 Å². The Morgan fingerprint density at radius 2 is 1.86 bits per heavy atom. The molecule has 0 aliphatic carbocycles. The van der Waals surface area contributed by atoms with Gasteiger partial charge in [0.25, 0.3) is 5.56 Å². The molecule has 4 heterocycles. The van der Waals surface area contributed by atoms with Gasteiger partial charge < -0.3 is 9.13 Å². The van der Waals surface area contributed by atoms with Crippen LogP contribution in [0.5, 0.6) is 0 Å². The summed E-state index contributed by atoms with van der Waals surface area (Å²) in [6, 6.07) is 15.0. The van der Waals surface area contributed by atoms with Crippen molar-refractivity contribution in [2.24, 2.45) is 7.05 Å². The summed E-state index contributed by atoms with van der Waals surface area (Å²) in [4.78, 5) is 22.5. The summed E-state index contributed by atoms with van der Waals surface area (Å²) in [6.07, 6.45) is 1.71. The fourth-order valence-corrected chi connectivity index (χ4v) is 3.75. The molecule has 0 bridgehead atoms. The number of hydrogen-bond acceptors (Lipinski definition) is 4. The smallest absolute Gasteiger partial charge is 0.267 e. The van der Waals surface area contributed by atoms with E-state index in [0.29, 0.717) is 40.1 Å². The number of imidazole rings is 1. The molecule has 0 saturated carbocycles. The second-order valence-electron chi connectivity index (χ2n) is 6.72. The summed E-state index contributed by atoms with van der Waals surface area (Å²) < 4.78 is 5.25. The predicted molar refractivity (Wildman–Crippen MR) is 108 cm³/mol. The third-order valence-electron chi connectivity index (χ3n) is 5.16. The van der Waals surface area contributed by atoms with E-state index in [1.807, 2.05) is 48.9 Å². The lowest BCUT2D eigenvalue weighted by Gasteiger charge is -2.13. The SMILES string of the molecule is CCn1c(=N)c(-c2nc3ccccc3n2C)cc2c(=O)n3ccccc3nc21. The third kappa shape index (κ3) is 2.16. The van der Waals surface area contributed by atoms with Gasteiger partial charge in [-0.1, -0.05) is 18.2 Å². The van der Waals surface area contributed by atoms with Crippen molar-refractivity contribution in [2.45, 2.75) is 13.5 Å². The molecule has 7 nitrogen and oxygen atoms in total. The van der Waals surface area contributed by atoms with Gasteiger partial charge in [-0.15, -0.1) is 0 Å². The first kappa shape index (κ1) is 16.4. The first-order chi connectivity index (χ1) is 13.6. The van der Waals surface area contributed by atoms with Crippen molar-refractivity contribution in [3.63, 3.8) is 0 Å². The Hall–Kier alpha value is -3.74. The Kier molecular flexibility index (Phi) is 3.45. The maximum Gasteiger partial charge on any atom is 0.267 e. The number of fused-ring (bicyclic) bond motifs is 3. The fraction of sp³-hybridized carbons (Fsp3) is 0.143. The van der Waals surface area contributed by atoms with Crippen LogP contribution in [-0.4, -0.2) is 23.5 Å². The maximum absolute atomic E-state index is 13.1. The summed E-state index contributed by atoms with van der Waals surface area (Å²) >= 11 is 0. The van der Waals surface area contributed by atoms with Crippen LogP contribution < -0.4 is 11.0 Å². The summed E-state index contributed by atoms with van der Waals surface area (Å²) in [5.41, 5.74) is 3.68. The van der Waals surface area contributed by atoms with Crippen molar-refractivity contribution in [3.05, 3.63) is 70.6 Å². The van der Waals surface area contributed by atoms with E-state index in [4.69, 9.17) is 10.4 Å². The van der Waals surface area contributed by atoms with Crippen LogP contribution in [0.25, 0.3) is 39.1 Å². The molecule has 0 aliphatic heterocycles. The Labute approximate surface area is 159 Å². The second kappa shape index (κ2) is 5.88. The molecule has 0 aliphatic rings. The number of pyridine rings is 2. The molecule has 4 aromatic heterocycles. The summed E-state index contributed by atoms with van der Waals surface area (Å²) in [5, 5.41) is 9.25. The number of hydrogen-bond donors (Lipinski definition) is 1. The van der Waals surface area contributed by atoms with Crippen LogP contribution in [0.15, 0.2) is 59.5 Å². The Morgan fingerprint density at radius 1 is 1.07 bits per heavy atom. The van der Waals surface area contributed by atoms with Gasteiger partial charge in [-0.05, 0) is 37.3 Å². The first-order valence-electron chi connectivity index (χ1n) is 9.11. The Morgan fingerprint density at radius 3 is 2.64 bits per heavy atom. The standard InChI is InChI=1S/C21H18N6O/c1-3-26-18(22)13(19-23-15-8-4-5-9-16(15)25(19)2)12-14-20(26)24-17-10-6-7-11-27(17)21(14)28/h4-12,22H,3H2,1-2H3. The van der Waals surface area contributed by atoms with Gasteiger partial charge in [0, 0.05) is 19.8 Å². The molecule has 0 saturated heterocycles. The van der Waals surface area contributed by atoms with Crippen molar-refractivity contribution in [1.82, 2.24) is 23.5 Å². The van der Waals surface area contributed by atoms with Crippen LogP contribution in [0.4, 0.5) is 0 Å². The summed E-state index contributed by atoms with van der Waals surface area (Å²) in [5.74, 6) is 0.660. The van der Waals surface area contributed by atoms with Gasteiger partial charge in [0.05, 0.1) is 22.0 Å². The number of aryl methyl sites for hydroxylation is 2. The molecule has 0 radical (unpaired) electrons. The molecule has 5 rings (SSSR count). The van der Waals surface area contributed by atoms with Gasteiger partial charge in [-0.2, -0.15) is 0 Å². The number of para-hydroxylation sites is 2. The van der Waals surface area contributed by atoms with Crippen LogP contribution in [0, 0.1) is 5.41 Å². The quantitative estimate of drug-likeness (QED) is 0.485. The molecule has 0 amide bonds. The molecule has 0 fully saturated rings. The van der Waals surface area contributed by atoms with Gasteiger partial charge in [0.2, 0.25) is 0 Å². The lowest BCUT2D eigenvalue weighted by atomic mass is 10.2. The molecule has 1 aromatic carbocycles. The molecule has 138 valence electrons. The van der Waals surface area contributed by atoms with Crippen LogP contribution >= 0.6 is 0 Å². The minimum Gasteiger partial charge on any atom is -0.327 e. The zero-order chi connectivity index (χ0) is 19.4. The van der Waals surface area contributed by atoms with Crippen molar-refractivity contribution in [1.29, 1.82) is 5.41 Å². The normalized spacial score (nSPS) is 11.6. The molecule has 1 N–H and O–H groups in total. The molecule has 7 heteroatoms. The predicted octanol–water partition coefficient (Wildman–Crippen LogP) is 2.70. The van der Waals surface area contributed by atoms with Gasteiger partial charge in [0.1, 0.15) is 22.6 Å². The molecule has 0 spiro atoms. The minimum atomic E-state index is -0.150. The largest absolute Gasteiger partial charge is 0.327 e. The van der Waals surface area contributed by atoms with Crippen molar-refractivity contribution < 1.29 is 0 Å². The number of benzene rings is 1. The van der Waals surface area contributed by atoms with Crippen LogP contribution in [0.1, 0.15) is 6.92 Å². The molecule has 0 atom stereocenters. The van der Waals surface area contributed by atoms with Gasteiger partial charge >= 0.3 is 0 Å². The maximum atomic E-state index is 13.1. The van der Waals surface area contributed by atoms with Crippen molar-refractivity contribution >= 4 is 27.7 Å². The zero-order valence-corrected chi connectivity index (χ0v) is 15.5. The van der Waals surface area contributed by atoms with E-state index in [1.54, 1.807) is 29.0 Å². The van der Waals surface area contributed by atoms with Crippen LogP contribution in [0.3, 0.4) is 0 Å². The average molecular weight is 370 g/mol. The molecule has 28 heavy (non-hydrogen) atoms. The molecule has 5 aromatic rings. The fourth-order valence-electron chi connectivity index (χ4n) is 3.75. The van der Waals surface area contributed by atoms with Crippen LogP contribution in [0.2, 0.25) is 0 Å². The van der Waals surface area contributed by atoms with E-state index < -0.39 is 0 Å². The highest BCUT2D eigenvalue weighted by molar-refractivity contribution is 5.84. The number of aromatic nitrogens is 5. The lowest BCUT2D eigenvalue weighted by molar-refractivity contribution is 0.723. The Balaban J connectivity index is 1.95. The molecular weight excluding hydrogens is 352 g/mol. The number of rotatable bonds is 2. The topological polar surface area (TPSA) is 81.0 Å². The highest BCUT2D eigenvalue weighted by Gasteiger charge is 2.17. The lowest BCUT2D eigenvalue weighted by Crippen LogP contribution is -2.27. The van der Waals surface area contributed by atoms with Crippen LogP contribution in [-0.2, 0) is 13.6 Å². The third-order valence-corrected chi connectivity index (χ3v) is 5.16. The van der Waals surface area contributed by atoms with Crippen molar-refractivity contribution in [2.75, 3.05) is 0 Å². The zero-order valence-electron chi connectivity index (χ0n) is 15.5. The van der Waals surface area contributed by atoms with E-state index in [-0.39, 0.29) is 5.56 Å². The molecular formula is C21H18N6O. The summed E-state index contributed by atoms with van der Waals surface area (Å²) in [7, 11) is 1.93. The average Bonchev–Trinajstić information content (AvgIpc) is 3.05. The highest BCUT2D eigenvalue weighted by Crippen LogP contribution is 2.23. The number of nitrogens with zero attached hydrogens (tertiary/aromatic N) is 5. The number of nitrogens with one attached hydrogen (secondary N) is 1. The summed E-state index contributed by atoms with van der Waals surface area (Å²) in [6.45, 7) is 2.48. The monoisotopic (exact) mass is 370 g/mol.